The smallest absolute Gasteiger partial charge is 0.855 e. The van der Waals surface area contributed by atoms with Crippen LogP contribution in [0.15, 0.2) is 65.7 Å². The molecule has 1 saturated heterocycles. The van der Waals surface area contributed by atoms with Crippen LogP contribution in [-0.4, -0.2) is 42.0 Å². The fraction of sp³-hybridized carbons (Fsp3) is 0.324. The molecule has 1 aliphatic heterocycles. The van der Waals surface area contributed by atoms with E-state index in [2.05, 4.69) is 30.3 Å². The zero-order valence-electron chi connectivity index (χ0n) is 25.0. The van der Waals surface area contributed by atoms with Gasteiger partial charge in [0.2, 0.25) is 5.91 Å². The molecule has 3 aliphatic carbocycles. The molecule has 1 amide bonds. The summed E-state index contributed by atoms with van der Waals surface area (Å²) >= 11 is 0. The first-order valence-electron chi connectivity index (χ1n) is 13.5. The number of fused-ring (bicyclic) bond motifs is 1. The Bertz CT molecular complexity index is 1410. The van der Waals surface area contributed by atoms with E-state index in [1.54, 1.807) is 11.0 Å². The number of hydrogen-bond acceptors (Lipinski definition) is 2. The van der Waals surface area contributed by atoms with Gasteiger partial charge in [0, 0.05) is 13.1 Å². The van der Waals surface area contributed by atoms with Gasteiger partial charge in [0.05, 0.1) is 5.82 Å². The third-order valence-corrected chi connectivity index (χ3v) is 7.86. The molecule has 0 unspecified atom stereocenters. The monoisotopic (exact) mass is 569 g/mol. The second-order valence-electron chi connectivity index (χ2n) is 10.9. The van der Waals surface area contributed by atoms with Crippen LogP contribution in [0.3, 0.4) is 0 Å². The number of benzene rings is 3. The van der Waals surface area contributed by atoms with Crippen molar-refractivity contribution in [3.63, 3.8) is 0 Å². The second-order valence-corrected chi connectivity index (χ2v) is 10.9. The SMILES string of the molecule is [CH2-]C12CC(C1)[C@@H](F)C2.[CH3-].[Li+].[Li+].[N-]=C(c1[c-]cc(C(=O)N2CCC([C-]=Nc3[c-]cccc3)CC2)c(F)c1)c1cccc(F)c1. The second kappa shape index (κ2) is 16.0. The number of carbonyl (C=O) groups excluding carboxylic acids is 1. The topological polar surface area (TPSA) is 55.0 Å². The number of amides is 1. The summed E-state index contributed by atoms with van der Waals surface area (Å²) in [6.45, 7) is 4.88. The molecule has 0 N–H and O–H groups in total. The summed E-state index contributed by atoms with van der Waals surface area (Å²) in [6, 6.07) is 20.7. The number of halogens is 3. The summed E-state index contributed by atoms with van der Waals surface area (Å²) in [5, 5.41) is 10.3. The van der Waals surface area contributed by atoms with E-state index in [1.807, 2.05) is 18.2 Å². The van der Waals surface area contributed by atoms with Gasteiger partial charge in [-0.1, -0.05) is 36.5 Å². The average Bonchev–Trinajstić information content (AvgIpc) is 3.41. The van der Waals surface area contributed by atoms with Crippen molar-refractivity contribution in [3.8, 4) is 0 Å². The molecule has 1 heterocycles. The van der Waals surface area contributed by atoms with E-state index in [-0.39, 0.29) is 78.9 Å². The minimum Gasteiger partial charge on any atom is -0.855 e. The van der Waals surface area contributed by atoms with Crippen molar-refractivity contribution >= 4 is 23.5 Å². The van der Waals surface area contributed by atoms with Crippen LogP contribution in [-0.2, 0) is 0 Å². The van der Waals surface area contributed by atoms with E-state index < -0.39 is 23.7 Å². The van der Waals surface area contributed by atoms with Gasteiger partial charge in [-0.05, 0) is 42.9 Å². The number of piperidine rings is 1. The van der Waals surface area contributed by atoms with Crippen LogP contribution in [0.25, 0.3) is 5.41 Å². The number of aliphatic imine (C=N–C) groups is 1. The maximum atomic E-state index is 14.7. The number of rotatable bonds is 5. The fourth-order valence-corrected chi connectivity index (χ4v) is 5.61. The molecule has 3 aromatic carbocycles. The van der Waals surface area contributed by atoms with Crippen LogP contribution in [0.2, 0.25) is 0 Å². The summed E-state index contributed by atoms with van der Waals surface area (Å²) in [5.74, 6) is -1.20. The summed E-state index contributed by atoms with van der Waals surface area (Å²) in [6.07, 6.45) is 6.79. The van der Waals surface area contributed by atoms with Gasteiger partial charge in [-0.2, -0.15) is 35.4 Å². The third kappa shape index (κ3) is 8.99. The summed E-state index contributed by atoms with van der Waals surface area (Å²) in [4.78, 5) is 18.7. The number of alkyl halides is 1. The van der Waals surface area contributed by atoms with Crippen molar-refractivity contribution in [2.24, 2.45) is 22.2 Å². The van der Waals surface area contributed by atoms with Gasteiger partial charge < -0.3 is 29.7 Å². The molecule has 43 heavy (non-hydrogen) atoms. The van der Waals surface area contributed by atoms with Crippen molar-refractivity contribution in [1.29, 1.82) is 0 Å². The Balaban J connectivity index is 0.000000504. The number of likely N-dealkylation sites (tertiary alicyclic amines) is 1. The molecule has 216 valence electrons. The predicted octanol–water partition coefficient (Wildman–Crippen LogP) is 1.52. The Morgan fingerprint density at radius 2 is 1.77 bits per heavy atom. The maximum absolute atomic E-state index is 14.7. The zero-order valence-corrected chi connectivity index (χ0v) is 25.0. The third-order valence-electron chi connectivity index (χ3n) is 7.86. The number of para-hydroxylation sites is 1. The first kappa shape index (κ1) is 36.6. The first-order valence-corrected chi connectivity index (χ1v) is 13.5. The molecule has 0 radical (unpaired) electrons. The van der Waals surface area contributed by atoms with Crippen LogP contribution in [0.4, 0.5) is 18.9 Å². The zero-order chi connectivity index (χ0) is 28.3. The van der Waals surface area contributed by atoms with E-state index in [1.165, 1.54) is 24.3 Å². The summed E-state index contributed by atoms with van der Waals surface area (Å²) in [5.41, 5.74) is 0.718. The largest absolute Gasteiger partial charge is 1.00 e. The maximum Gasteiger partial charge on any atom is 1.00 e. The Morgan fingerprint density at radius 1 is 1.05 bits per heavy atom. The first-order chi connectivity index (χ1) is 19.2. The normalized spacial score (nSPS) is 22.2. The van der Waals surface area contributed by atoms with Gasteiger partial charge in [0.15, 0.2) is 0 Å². The van der Waals surface area contributed by atoms with Crippen molar-refractivity contribution < 1.29 is 55.7 Å². The fourth-order valence-electron chi connectivity index (χ4n) is 5.61. The minimum atomic E-state index is -0.762. The van der Waals surface area contributed by atoms with E-state index in [4.69, 9.17) is 0 Å². The molecule has 0 aromatic heterocycles. The van der Waals surface area contributed by atoms with Crippen molar-refractivity contribution in [2.75, 3.05) is 13.1 Å². The molecule has 4 fully saturated rings. The van der Waals surface area contributed by atoms with E-state index in [0.717, 1.165) is 31.4 Å². The van der Waals surface area contributed by atoms with E-state index >= 15 is 0 Å². The van der Waals surface area contributed by atoms with Gasteiger partial charge >= 0.3 is 37.7 Å². The molecule has 3 saturated carbocycles. The van der Waals surface area contributed by atoms with Crippen LogP contribution < -0.4 is 37.7 Å². The average molecular weight is 570 g/mol. The van der Waals surface area contributed by atoms with Gasteiger partial charge in [0.25, 0.3) is 0 Å². The Morgan fingerprint density at radius 3 is 2.30 bits per heavy atom. The van der Waals surface area contributed by atoms with Gasteiger partial charge in [0.1, 0.15) is 12.0 Å². The minimum absolute atomic E-state index is 0. The van der Waals surface area contributed by atoms with Crippen molar-refractivity contribution in [1.82, 2.24) is 4.90 Å². The standard InChI is InChI=1S/C26H19F2N3O.C7H10F.CH3.2Li/c27-21-6-4-5-19(15-21)25(29)20-9-10-23(24(28)16-20)26(32)31-13-11-18(12-14-31)17-30-22-7-2-1-3-8-22;1-7-2-5(3-7)6(8)4-7;;;/h1-7,10,15-16,18H,11-14H2;5-6H,1-4H2;1H3;;/q-4;2*-1;2*+1/t;5?,6-,7?;;;/m.0.../s1. The number of hydrogen-bond donors (Lipinski definition) is 0. The van der Waals surface area contributed by atoms with E-state index in [0.29, 0.717) is 37.5 Å². The van der Waals surface area contributed by atoms with Crippen molar-refractivity contribution in [2.45, 2.75) is 38.3 Å². The molecule has 1 atom stereocenters. The van der Waals surface area contributed by atoms with Crippen LogP contribution in [0.1, 0.15) is 53.6 Å². The van der Waals surface area contributed by atoms with E-state index in [9.17, 15) is 23.4 Å². The molecule has 4 nitrogen and oxygen atoms in total. The van der Waals surface area contributed by atoms with Gasteiger partial charge in [-0.25, -0.2) is 30.6 Å². The molecule has 7 rings (SSSR count). The number of carbonyl (C=O) groups is 1. The quantitative estimate of drug-likeness (QED) is 0.261. The molecular weight excluding hydrogens is 537 g/mol. The summed E-state index contributed by atoms with van der Waals surface area (Å²) < 4.78 is 40.7. The molecule has 9 heteroatoms. The predicted molar refractivity (Wildman–Crippen MR) is 156 cm³/mol. The van der Waals surface area contributed by atoms with Crippen molar-refractivity contribution in [3.05, 3.63) is 121 Å². The Labute approximate surface area is 277 Å². The van der Waals surface area contributed by atoms with Crippen LogP contribution >= 0.6 is 0 Å². The molecule has 3 aromatic rings. The Kier molecular flexibility index (Phi) is 13.6. The molecule has 4 aliphatic rings. The van der Waals surface area contributed by atoms with Crippen LogP contribution in [0, 0.1) is 55.4 Å². The van der Waals surface area contributed by atoms with Gasteiger partial charge in [-0.3, -0.25) is 10.9 Å². The number of nitrogens with zero attached hydrogens (tertiary/aromatic N) is 3. The Hall–Kier alpha value is -2.55. The van der Waals surface area contributed by atoms with Gasteiger partial charge in [-0.15, -0.1) is 18.2 Å². The molecule has 2 bridgehead atoms. The molecule has 0 spiro atoms. The van der Waals surface area contributed by atoms with Crippen LogP contribution in [0.5, 0.6) is 0 Å². The summed E-state index contributed by atoms with van der Waals surface area (Å²) in [7, 11) is 0. The molecular formula is C34H32F3Li2N3O-4.